The van der Waals surface area contributed by atoms with Gasteiger partial charge in [-0.2, -0.15) is 0 Å². The van der Waals surface area contributed by atoms with Crippen LogP contribution in [-0.2, 0) is 0 Å². The molecule has 1 atom stereocenters. The second-order valence-electron chi connectivity index (χ2n) is 4.67. The lowest BCUT2D eigenvalue weighted by atomic mass is 9.79. The maximum absolute atomic E-state index is 12.9. The molecule has 0 amide bonds. The highest BCUT2D eigenvalue weighted by Crippen LogP contribution is 2.37. The van der Waals surface area contributed by atoms with Crippen molar-refractivity contribution in [2.75, 3.05) is 6.54 Å². The van der Waals surface area contributed by atoms with E-state index in [1.807, 2.05) is 19.1 Å². The lowest BCUT2D eigenvalue weighted by Crippen LogP contribution is -2.27. The standard InChI is InChI=1S/C14H19F2N/c1-2-17-13(14(15)16)12-8-4-7-11(9-12)10-5-3-6-10/h4,7-10,13-14,17H,2-3,5-6H2,1H3. The molecule has 0 aliphatic heterocycles. The Morgan fingerprint density at radius 2 is 2.12 bits per heavy atom. The molecule has 0 bridgehead atoms. The third kappa shape index (κ3) is 2.83. The molecule has 1 N–H and O–H groups in total. The van der Waals surface area contributed by atoms with Crippen molar-refractivity contribution in [1.29, 1.82) is 0 Å². The predicted octanol–water partition coefficient (Wildman–Crippen LogP) is 3.87. The zero-order valence-electron chi connectivity index (χ0n) is 10.1. The normalized spacial score (nSPS) is 18.1. The lowest BCUT2D eigenvalue weighted by molar-refractivity contribution is 0.0992. The predicted molar refractivity (Wildman–Crippen MR) is 65.5 cm³/mol. The van der Waals surface area contributed by atoms with Gasteiger partial charge in [-0.3, -0.25) is 0 Å². The molecule has 0 saturated heterocycles. The van der Waals surface area contributed by atoms with Gasteiger partial charge in [0, 0.05) is 0 Å². The van der Waals surface area contributed by atoms with Crippen molar-refractivity contribution >= 4 is 0 Å². The minimum atomic E-state index is -2.36. The second kappa shape index (κ2) is 5.58. The first-order valence-corrected chi connectivity index (χ1v) is 6.33. The summed E-state index contributed by atoms with van der Waals surface area (Å²) in [5.74, 6) is 0.592. The molecule has 1 fully saturated rings. The number of hydrogen-bond donors (Lipinski definition) is 1. The van der Waals surface area contributed by atoms with Crippen molar-refractivity contribution in [2.45, 2.75) is 44.6 Å². The number of nitrogens with one attached hydrogen (secondary N) is 1. The van der Waals surface area contributed by atoms with E-state index in [9.17, 15) is 8.78 Å². The van der Waals surface area contributed by atoms with Gasteiger partial charge in [0.25, 0.3) is 6.43 Å². The summed E-state index contributed by atoms with van der Waals surface area (Å²) in [7, 11) is 0. The van der Waals surface area contributed by atoms with Gasteiger partial charge in [-0.1, -0.05) is 37.6 Å². The van der Waals surface area contributed by atoms with Gasteiger partial charge in [0.2, 0.25) is 0 Å². The van der Waals surface area contributed by atoms with Gasteiger partial charge in [0.05, 0.1) is 6.04 Å². The summed E-state index contributed by atoms with van der Waals surface area (Å²) in [4.78, 5) is 0. The average molecular weight is 239 g/mol. The van der Waals surface area contributed by atoms with Gasteiger partial charge in [0.15, 0.2) is 0 Å². The number of rotatable bonds is 5. The van der Waals surface area contributed by atoms with Crippen molar-refractivity contribution in [1.82, 2.24) is 5.32 Å². The van der Waals surface area contributed by atoms with Crippen LogP contribution in [0, 0.1) is 0 Å². The van der Waals surface area contributed by atoms with Crippen LogP contribution in [0.1, 0.15) is 49.3 Å². The Balaban J connectivity index is 2.17. The summed E-state index contributed by atoms with van der Waals surface area (Å²) in [6, 6.07) is 6.86. The van der Waals surface area contributed by atoms with Crippen molar-refractivity contribution in [3.05, 3.63) is 35.4 Å². The maximum Gasteiger partial charge on any atom is 0.257 e. The molecule has 1 saturated carbocycles. The molecule has 0 heterocycles. The summed E-state index contributed by atoms with van der Waals surface area (Å²) in [6.07, 6.45) is 1.31. The fraction of sp³-hybridized carbons (Fsp3) is 0.571. The molecule has 0 radical (unpaired) electrons. The van der Waals surface area contributed by atoms with Crippen LogP contribution in [0.2, 0.25) is 0 Å². The highest BCUT2D eigenvalue weighted by Gasteiger charge is 2.24. The molecule has 1 unspecified atom stereocenters. The molecule has 1 nitrogen and oxygen atoms in total. The van der Waals surface area contributed by atoms with E-state index in [-0.39, 0.29) is 0 Å². The smallest absolute Gasteiger partial charge is 0.257 e. The van der Waals surface area contributed by atoms with Gasteiger partial charge in [0.1, 0.15) is 0 Å². The molecule has 3 heteroatoms. The van der Waals surface area contributed by atoms with Crippen molar-refractivity contribution in [2.24, 2.45) is 0 Å². The molecule has 94 valence electrons. The van der Waals surface area contributed by atoms with E-state index in [0.29, 0.717) is 18.0 Å². The Labute approximate surface area is 101 Å². The summed E-state index contributed by atoms with van der Waals surface area (Å²) in [6.45, 7) is 2.41. The molecule has 0 aromatic heterocycles. The van der Waals surface area contributed by atoms with Gasteiger partial charge >= 0.3 is 0 Å². The van der Waals surface area contributed by atoms with E-state index in [2.05, 4.69) is 11.4 Å². The highest BCUT2D eigenvalue weighted by atomic mass is 19.3. The number of hydrogen-bond acceptors (Lipinski definition) is 1. The molecule has 1 aromatic carbocycles. The second-order valence-corrected chi connectivity index (χ2v) is 4.67. The van der Waals surface area contributed by atoms with Gasteiger partial charge in [-0.05, 0) is 36.4 Å². The van der Waals surface area contributed by atoms with E-state index in [0.717, 1.165) is 0 Å². The first-order chi connectivity index (χ1) is 8.22. The minimum Gasteiger partial charge on any atom is -0.306 e. The Bertz CT molecular complexity index is 361. The van der Waals surface area contributed by atoms with Crippen LogP contribution >= 0.6 is 0 Å². The highest BCUT2D eigenvalue weighted by molar-refractivity contribution is 5.30. The summed E-state index contributed by atoms with van der Waals surface area (Å²) in [5, 5.41) is 2.85. The lowest BCUT2D eigenvalue weighted by Gasteiger charge is -2.27. The van der Waals surface area contributed by atoms with E-state index >= 15 is 0 Å². The molecular weight excluding hydrogens is 220 g/mol. The molecule has 0 spiro atoms. The molecule has 1 aliphatic rings. The zero-order chi connectivity index (χ0) is 12.3. The van der Waals surface area contributed by atoms with Gasteiger partial charge in [-0.15, -0.1) is 0 Å². The summed E-state index contributed by atoms with van der Waals surface area (Å²) in [5.41, 5.74) is 1.93. The fourth-order valence-corrected chi connectivity index (χ4v) is 2.32. The van der Waals surface area contributed by atoms with Crippen LogP contribution in [0.15, 0.2) is 24.3 Å². The topological polar surface area (TPSA) is 12.0 Å². The summed E-state index contributed by atoms with van der Waals surface area (Å²) < 4.78 is 25.9. The largest absolute Gasteiger partial charge is 0.306 e. The third-order valence-corrected chi connectivity index (χ3v) is 3.52. The molecule has 2 rings (SSSR count). The van der Waals surface area contributed by atoms with Crippen LogP contribution in [0.4, 0.5) is 8.78 Å². The Morgan fingerprint density at radius 1 is 1.35 bits per heavy atom. The molecule has 1 aliphatic carbocycles. The van der Waals surface area contributed by atoms with Crippen LogP contribution in [-0.4, -0.2) is 13.0 Å². The van der Waals surface area contributed by atoms with Gasteiger partial charge in [-0.25, -0.2) is 8.78 Å². The first-order valence-electron chi connectivity index (χ1n) is 6.33. The Morgan fingerprint density at radius 3 is 2.65 bits per heavy atom. The minimum absolute atomic E-state index is 0.558. The third-order valence-electron chi connectivity index (χ3n) is 3.52. The molecule has 1 aromatic rings. The number of benzene rings is 1. The van der Waals surface area contributed by atoms with E-state index < -0.39 is 12.5 Å². The number of halogens is 2. The Kier molecular flexibility index (Phi) is 4.11. The van der Waals surface area contributed by atoms with E-state index in [1.54, 1.807) is 6.07 Å². The maximum atomic E-state index is 12.9. The van der Waals surface area contributed by atoms with E-state index in [1.165, 1.54) is 24.8 Å². The van der Waals surface area contributed by atoms with Crippen LogP contribution < -0.4 is 5.32 Å². The molecular formula is C14H19F2N. The molecule has 17 heavy (non-hydrogen) atoms. The van der Waals surface area contributed by atoms with Crippen molar-refractivity contribution < 1.29 is 8.78 Å². The Hall–Kier alpha value is -0.960. The summed E-state index contributed by atoms with van der Waals surface area (Å²) >= 11 is 0. The monoisotopic (exact) mass is 239 g/mol. The van der Waals surface area contributed by atoms with Gasteiger partial charge < -0.3 is 5.32 Å². The van der Waals surface area contributed by atoms with Crippen LogP contribution in [0.3, 0.4) is 0 Å². The quantitative estimate of drug-likeness (QED) is 0.822. The van der Waals surface area contributed by atoms with Crippen LogP contribution in [0.5, 0.6) is 0 Å². The van der Waals surface area contributed by atoms with Crippen molar-refractivity contribution in [3.8, 4) is 0 Å². The fourth-order valence-electron chi connectivity index (χ4n) is 2.32. The average Bonchev–Trinajstić information content (AvgIpc) is 2.23. The number of alkyl halides is 2. The van der Waals surface area contributed by atoms with Crippen molar-refractivity contribution in [3.63, 3.8) is 0 Å². The van der Waals surface area contributed by atoms with E-state index in [4.69, 9.17) is 0 Å². The SMILES string of the molecule is CCNC(c1cccc(C2CCC2)c1)C(F)F. The first kappa shape index (κ1) is 12.5. The zero-order valence-corrected chi connectivity index (χ0v) is 10.1. The van der Waals surface area contributed by atoms with Crippen LogP contribution in [0.25, 0.3) is 0 Å².